The highest BCUT2D eigenvalue weighted by molar-refractivity contribution is 7.14. The summed E-state index contributed by atoms with van der Waals surface area (Å²) in [6.45, 7) is 4.09. The van der Waals surface area contributed by atoms with Crippen molar-refractivity contribution in [2.45, 2.75) is 32.1 Å². The average molecular weight is 420 g/mol. The lowest BCUT2D eigenvalue weighted by atomic mass is 10.2. The van der Waals surface area contributed by atoms with Crippen molar-refractivity contribution in [2.75, 3.05) is 31.1 Å². The molecule has 156 valence electrons. The smallest absolute Gasteiger partial charge is 0.260 e. The molecule has 0 spiro atoms. The number of benzene rings is 2. The van der Waals surface area contributed by atoms with E-state index in [-0.39, 0.29) is 5.91 Å². The molecule has 5 heteroatoms. The van der Waals surface area contributed by atoms with Gasteiger partial charge in [0.05, 0.1) is 5.69 Å². The van der Waals surface area contributed by atoms with Gasteiger partial charge in [0.15, 0.2) is 5.13 Å². The third-order valence-corrected chi connectivity index (χ3v) is 6.48. The zero-order chi connectivity index (χ0) is 20.6. The molecule has 0 unspecified atom stereocenters. The first-order chi connectivity index (χ1) is 14.8. The molecule has 1 aliphatic heterocycles. The molecule has 4 rings (SSSR count). The van der Waals surface area contributed by atoms with Gasteiger partial charge in [-0.15, -0.1) is 11.3 Å². The number of nitrogens with zero attached hydrogens (tertiary/aromatic N) is 3. The Morgan fingerprint density at radius 1 is 0.933 bits per heavy atom. The predicted molar refractivity (Wildman–Crippen MR) is 125 cm³/mol. The Hall–Kier alpha value is -2.50. The number of amides is 1. The van der Waals surface area contributed by atoms with Gasteiger partial charge in [0.1, 0.15) is 0 Å². The highest BCUT2D eigenvalue weighted by Gasteiger charge is 2.21. The van der Waals surface area contributed by atoms with Crippen LogP contribution >= 0.6 is 11.3 Å². The Labute approximate surface area is 183 Å². The van der Waals surface area contributed by atoms with Crippen molar-refractivity contribution in [1.82, 2.24) is 9.88 Å². The number of likely N-dealkylation sites (tertiary alicyclic amines) is 1. The van der Waals surface area contributed by atoms with Crippen LogP contribution in [-0.2, 0) is 0 Å². The van der Waals surface area contributed by atoms with E-state index in [2.05, 4.69) is 17.0 Å². The molecule has 2 aromatic carbocycles. The van der Waals surface area contributed by atoms with E-state index in [1.54, 1.807) is 11.3 Å². The molecule has 2 heterocycles. The second-order valence-corrected chi connectivity index (χ2v) is 8.65. The van der Waals surface area contributed by atoms with Crippen LogP contribution in [0.2, 0.25) is 0 Å². The molecule has 0 aliphatic carbocycles. The molecule has 1 amide bonds. The minimum atomic E-state index is 0.0282. The molecule has 3 aromatic rings. The molecule has 1 fully saturated rings. The van der Waals surface area contributed by atoms with E-state index in [1.165, 1.54) is 38.8 Å². The van der Waals surface area contributed by atoms with Gasteiger partial charge in [-0.1, -0.05) is 61.4 Å². The minimum Gasteiger partial charge on any atom is -0.303 e. The van der Waals surface area contributed by atoms with Crippen molar-refractivity contribution in [1.29, 1.82) is 0 Å². The monoisotopic (exact) mass is 419 g/mol. The SMILES string of the molecule is O=C(c1ccccc1)N(CCCN1CCCCCC1)c1nc(-c2ccccc2)cs1. The zero-order valence-corrected chi connectivity index (χ0v) is 18.2. The predicted octanol–water partition coefficient (Wildman–Crippen LogP) is 5.72. The number of carbonyl (C=O) groups excluding carboxylic acids is 1. The molecular weight excluding hydrogens is 390 g/mol. The first-order valence-corrected chi connectivity index (χ1v) is 11.8. The number of hydrogen-bond acceptors (Lipinski definition) is 4. The van der Waals surface area contributed by atoms with Crippen LogP contribution in [0.25, 0.3) is 11.3 Å². The fourth-order valence-electron chi connectivity index (χ4n) is 3.96. The van der Waals surface area contributed by atoms with E-state index in [0.717, 1.165) is 29.4 Å². The van der Waals surface area contributed by atoms with E-state index < -0.39 is 0 Å². The number of aromatic nitrogens is 1. The summed E-state index contributed by atoms with van der Waals surface area (Å²) in [4.78, 5) is 22.5. The number of rotatable bonds is 7. The standard InChI is InChI=1S/C25H29N3OS/c29-24(22-14-7-4-8-15-22)28(19-11-18-27-16-9-1-2-10-17-27)25-26-23(20-30-25)21-12-5-3-6-13-21/h3-8,12-15,20H,1-2,9-11,16-19H2. The van der Waals surface area contributed by atoms with Crippen LogP contribution < -0.4 is 4.90 Å². The summed E-state index contributed by atoms with van der Waals surface area (Å²) in [7, 11) is 0. The fourth-order valence-corrected chi connectivity index (χ4v) is 4.82. The van der Waals surface area contributed by atoms with Crippen LogP contribution in [0.15, 0.2) is 66.0 Å². The van der Waals surface area contributed by atoms with Crippen LogP contribution in [0.1, 0.15) is 42.5 Å². The summed E-state index contributed by atoms with van der Waals surface area (Å²) >= 11 is 1.55. The van der Waals surface area contributed by atoms with Crippen LogP contribution in [0.3, 0.4) is 0 Å². The molecule has 0 N–H and O–H groups in total. The maximum atomic E-state index is 13.3. The molecule has 0 radical (unpaired) electrons. The topological polar surface area (TPSA) is 36.4 Å². The Balaban J connectivity index is 1.50. The highest BCUT2D eigenvalue weighted by Crippen LogP contribution is 2.28. The largest absolute Gasteiger partial charge is 0.303 e. The summed E-state index contributed by atoms with van der Waals surface area (Å²) in [5, 5.41) is 2.82. The van der Waals surface area contributed by atoms with Crippen molar-refractivity contribution in [3.05, 3.63) is 71.6 Å². The van der Waals surface area contributed by atoms with Crippen LogP contribution in [0.4, 0.5) is 5.13 Å². The van der Waals surface area contributed by atoms with Gasteiger partial charge in [0, 0.05) is 23.1 Å². The Kier molecular flexibility index (Phi) is 7.27. The summed E-state index contributed by atoms with van der Waals surface area (Å²) < 4.78 is 0. The van der Waals surface area contributed by atoms with Gasteiger partial charge in [-0.05, 0) is 51.0 Å². The number of thiazole rings is 1. The van der Waals surface area contributed by atoms with Crippen molar-refractivity contribution in [3.63, 3.8) is 0 Å². The Morgan fingerprint density at radius 3 is 2.30 bits per heavy atom. The van der Waals surface area contributed by atoms with Crippen molar-refractivity contribution < 1.29 is 4.79 Å². The molecule has 0 atom stereocenters. The molecule has 0 saturated carbocycles. The molecule has 4 nitrogen and oxygen atoms in total. The number of hydrogen-bond donors (Lipinski definition) is 0. The molecule has 0 bridgehead atoms. The van der Waals surface area contributed by atoms with Gasteiger partial charge in [-0.25, -0.2) is 4.98 Å². The maximum absolute atomic E-state index is 13.3. The normalized spacial score (nSPS) is 14.9. The van der Waals surface area contributed by atoms with Gasteiger partial charge in [-0.3, -0.25) is 9.69 Å². The third kappa shape index (κ3) is 5.35. The third-order valence-electron chi connectivity index (χ3n) is 5.61. The van der Waals surface area contributed by atoms with Crippen molar-refractivity contribution >= 4 is 22.4 Å². The quantitative estimate of drug-likeness (QED) is 0.491. The average Bonchev–Trinajstić information content (AvgIpc) is 3.14. The van der Waals surface area contributed by atoms with Crippen LogP contribution in [-0.4, -0.2) is 42.0 Å². The lowest BCUT2D eigenvalue weighted by Gasteiger charge is -2.23. The Bertz CT molecular complexity index is 918. The van der Waals surface area contributed by atoms with E-state index in [1.807, 2.05) is 58.8 Å². The Morgan fingerprint density at radius 2 is 1.60 bits per heavy atom. The molecule has 1 aliphatic rings. The van der Waals surface area contributed by atoms with E-state index in [9.17, 15) is 4.79 Å². The van der Waals surface area contributed by atoms with E-state index >= 15 is 0 Å². The molecule has 1 aromatic heterocycles. The first-order valence-electron chi connectivity index (χ1n) is 10.9. The molecule has 30 heavy (non-hydrogen) atoms. The van der Waals surface area contributed by atoms with Gasteiger partial charge in [-0.2, -0.15) is 0 Å². The zero-order valence-electron chi connectivity index (χ0n) is 17.4. The lowest BCUT2D eigenvalue weighted by Crippen LogP contribution is -2.34. The maximum Gasteiger partial charge on any atom is 0.260 e. The number of anilines is 1. The van der Waals surface area contributed by atoms with Crippen LogP contribution in [0, 0.1) is 0 Å². The van der Waals surface area contributed by atoms with E-state index in [4.69, 9.17) is 4.98 Å². The minimum absolute atomic E-state index is 0.0282. The summed E-state index contributed by atoms with van der Waals surface area (Å²) in [6, 6.07) is 19.7. The lowest BCUT2D eigenvalue weighted by molar-refractivity contribution is 0.0985. The fraction of sp³-hybridized carbons (Fsp3) is 0.360. The van der Waals surface area contributed by atoms with Gasteiger partial charge in [0.25, 0.3) is 5.91 Å². The van der Waals surface area contributed by atoms with Gasteiger partial charge < -0.3 is 4.90 Å². The summed E-state index contributed by atoms with van der Waals surface area (Å²) in [5.41, 5.74) is 2.72. The second kappa shape index (κ2) is 10.5. The molecule has 1 saturated heterocycles. The molecular formula is C25H29N3OS. The first kappa shape index (κ1) is 20.8. The summed E-state index contributed by atoms with van der Waals surface area (Å²) in [5.74, 6) is 0.0282. The highest BCUT2D eigenvalue weighted by atomic mass is 32.1. The summed E-state index contributed by atoms with van der Waals surface area (Å²) in [6.07, 6.45) is 6.23. The second-order valence-electron chi connectivity index (χ2n) is 7.81. The van der Waals surface area contributed by atoms with E-state index in [0.29, 0.717) is 12.1 Å². The van der Waals surface area contributed by atoms with Crippen molar-refractivity contribution in [2.24, 2.45) is 0 Å². The number of carbonyl (C=O) groups is 1. The van der Waals surface area contributed by atoms with Gasteiger partial charge in [0.2, 0.25) is 0 Å². The van der Waals surface area contributed by atoms with Gasteiger partial charge >= 0.3 is 0 Å². The van der Waals surface area contributed by atoms with Crippen molar-refractivity contribution in [3.8, 4) is 11.3 Å². The van der Waals surface area contributed by atoms with Crippen LogP contribution in [0.5, 0.6) is 0 Å².